The Hall–Kier alpha value is -0.900. The van der Waals surface area contributed by atoms with Crippen LogP contribution in [-0.4, -0.2) is 34.0 Å². The molecule has 0 radical (unpaired) electrons. The van der Waals surface area contributed by atoms with Gasteiger partial charge in [-0.15, -0.1) is 0 Å². The second-order valence-electron chi connectivity index (χ2n) is 6.10. The summed E-state index contributed by atoms with van der Waals surface area (Å²) in [6.45, 7) is -0.0656. The molecule has 2 unspecified atom stereocenters. The van der Waals surface area contributed by atoms with Gasteiger partial charge in [-0.3, -0.25) is 14.5 Å². The molecule has 0 aromatic heterocycles. The molecule has 2 atom stereocenters. The maximum atomic E-state index is 12.5. The Kier molecular flexibility index (Phi) is 2.93. The van der Waals surface area contributed by atoms with Crippen molar-refractivity contribution < 1.29 is 14.7 Å². The Morgan fingerprint density at radius 1 is 1.00 bits per heavy atom. The molecule has 0 aromatic rings. The minimum atomic E-state index is -0.564. The number of likely N-dealkylation sites (tertiary alicyclic amines) is 1. The molecule has 2 saturated carbocycles. The third kappa shape index (κ3) is 1.54. The molecule has 1 heterocycles. The number of carbonyl (C=O) groups is 2. The minimum absolute atomic E-state index is 0.000602. The second-order valence-corrected chi connectivity index (χ2v) is 6.10. The number of imide groups is 1. The van der Waals surface area contributed by atoms with Gasteiger partial charge in [-0.05, 0) is 25.7 Å². The highest BCUT2D eigenvalue weighted by atomic mass is 16.3. The number of carbonyl (C=O) groups excluding carboxylic acids is 2. The Balaban J connectivity index is 1.92. The molecule has 3 rings (SSSR count). The highest BCUT2D eigenvalue weighted by molar-refractivity contribution is 6.06. The Labute approximate surface area is 107 Å². The van der Waals surface area contributed by atoms with Crippen molar-refractivity contribution in [1.82, 2.24) is 4.90 Å². The summed E-state index contributed by atoms with van der Waals surface area (Å²) in [4.78, 5) is 26.5. The van der Waals surface area contributed by atoms with Crippen LogP contribution in [0.3, 0.4) is 0 Å². The number of aliphatic hydroxyl groups is 1. The molecule has 1 saturated heterocycles. The number of amides is 2. The first-order valence-electron chi connectivity index (χ1n) is 7.18. The van der Waals surface area contributed by atoms with Crippen LogP contribution in [0, 0.1) is 11.8 Å². The van der Waals surface area contributed by atoms with Gasteiger partial charge in [0.2, 0.25) is 11.8 Å². The minimum Gasteiger partial charge on any atom is -0.394 e. The number of fused-ring (bicyclic) bond motifs is 1. The van der Waals surface area contributed by atoms with E-state index in [1.807, 2.05) is 0 Å². The maximum Gasteiger partial charge on any atom is 0.233 e. The van der Waals surface area contributed by atoms with Gasteiger partial charge >= 0.3 is 0 Å². The molecule has 3 fully saturated rings. The van der Waals surface area contributed by atoms with Crippen LogP contribution in [0.4, 0.5) is 0 Å². The quantitative estimate of drug-likeness (QED) is 0.756. The third-order valence-electron chi connectivity index (χ3n) is 5.14. The van der Waals surface area contributed by atoms with E-state index in [-0.39, 0.29) is 30.3 Å². The van der Waals surface area contributed by atoms with Gasteiger partial charge < -0.3 is 5.11 Å². The lowest BCUT2D eigenvalue weighted by Gasteiger charge is -2.36. The van der Waals surface area contributed by atoms with Crippen LogP contribution >= 0.6 is 0 Å². The van der Waals surface area contributed by atoms with E-state index in [4.69, 9.17) is 0 Å². The standard InChI is InChI=1S/C14H21NO3/c16-9-14(7-3-4-8-14)15-12(17)10-5-1-2-6-11(10)13(15)18/h10-11,16H,1-9H2. The molecule has 100 valence electrons. The average Bonchev–Trinajstić information content (AvgIpc) is 2.96. The summed E-state index contributed by atoms with van der Waals surface area (Å²) in [7, 11) is 0. The van der Waals surface area contributed by atoms with Crippen LogP contribution in [0.5, 0.6) is 0 Å². The molecule has 0 spiro atoms. The van der Waals surface area contributed by atoms with Crippen molar-refractivity contribution in [2.75, 3.05) is 6.61 Å². The van der Waals surface area contributed by atoms with Gasteiger partial charge in [0, 0.05) is 0 Å². The van der Waals surface area contributed by atoms with Gasteiger partial charge in [0.1, 0.15) is 0 Å². The van der Waals surface area contributed by atoms with Crippen molar-refractivity contribution in [3.8, 4) is 0 Å². The van der Waals surface area contributed by atoms with Crippen LogP contribution in [0.15, 0.2) is 0 Å². The van der Waals surface area contributed by atoms with Crippen LogP contribution in [-0.2, 0) is 9.59 Å². The zero-order valence-corrected chi connectivity index (χ0v) is 10.7. The lowest BCUT2D eigenvalue weighted by atomic mass is 9.81. The summed E-state index contributed by atoms with van der Waals surface area (Å²) in [6.07, 6.45) is 7.39. The van der Waals surface area contributed by atoms with Gasteiger partial charge in [-0.25, -0.2) is 0 Å². The monoisotopic (exact) mass is 251 g/mol. The van der Waals surface area contributed by atoms with Crippen molar-refractivity contribution in [2.24, 2.45) is 11.8 Å². The van der Waals surface area contributed by atoms with E-state index in [2.05, 4.69) is 0 Å². The Morgan fingerprint density at radius 3 is 1.94 bits per heavy atom. The highest BCUT2D eigenvalue weighted by Crippen LogP contribution is 2.45. The molecular weight excluding hydrogens is 230 g/mol. The Bertz CT molecular complexity index is 349. The zero-order valence-electron chi connectivity index (χ0n) is 10.7. The SMILES string of the molecule is O=C1C2CCCCC2C(=O)N1C1(CO)CCCC1. The number of nitrogens with zero attached hydrogens (tertiary/aromatic N) is 1. The van der Waals surface area contributed by atoms with E-state index < -0.39 is 5.54 Å². The normalized spacial score (nSPS) is 35.1. The lowest BCUT2D eigenvalue weighted by molar-refractivity contribution is -0.149. The van der Waals surface area contributed by atoms with E-state index in [0.717, 1.165) is 51.4 Å². The fourth-order valence-corrected chi connectivity index (χ4v) is 4.12. The molecule has 2 aliphatic carbocycles. The molecule has 0 aromatic carbocycles. The van der Waals surface area contributed by atoms with E-state index in [9.17, 15) is 14.7 Å². The number of hydrogen-bond donors (Lipinski definition) is 1. The van der Waals surface area contributed by atoms with Crippen molar-refractivity contribution in [3.63, 3.8) is 0 Å². The predicted molar refractivity (Wildman–Crippen MR) is 65.6 cm³/mol. The predicted octanol–water partition coefficient (Wildman–Crippen LogP) is 1.47. The van der Waals surface area contributed by atoms with Gasteiger partial charge in [0.15, 0.2) is 0 Å². The fraction of sp³-hybridized carbons (Fsp3) is 0.857. The van der Waals surface area contributed by atoms with Crippen LogP contribution < -0.4 is 0 Å². The number of hydrogen-bond acceptors (Lipinski definition) is 3. The molecule has 2 amide bonds. The van der Waals surface area contributed by atoms with E-state index in [0.29, 0.717) is 0 Å². The summed E-state index contributed by atoms with van der Waals surface area (Å²) >= 11 is 0. The molecule has 4 heteroatoms. The molecule has 4 nitrogen and oxygen atoms in total. The van der Waals surface area contributed by atoms with Crippen LogP contribution in [0.1, 0.15) is 51.4 Å². The van der Waals surface area contributed by atoms with Gasteiger partial charge in [-0.2, -0.15) is 0 Å². The summed E-state index contributed by atoms with van der Waals surface area (Å²) in [6, 6.07) is 0. The topological polar surface area (TPSA) is 57.6 Å². The van der Waals surface area contributed by atoms with Crippen molar-refractivity contribution >= 4 is 11.8 Å². The van der Waals surface area contributed by atoms with Gasteiger partial charge in [-0.1, -0.05) is 25.7 Å². The molecule has 0 bridgehead atoms. The largest absolute Gasteiger partial charge is 0.394 e. The molecule has 18 heavy (non-hydrogen) atoms. The van der Waals surface area contributed by atoms with E-state index >= 15 is 0 Å². The lowest BCUT2D eigenvalue weighted by Crippen LogP contribution is -2.53. The first kappa shape index (κ1) is 12.2. The number of aliphatic hydroxyl groups excluding tert-OH is 1. The average molecular weight is 251 g/mol. The van der Waals surface area contributed by atoms with Crippen LogP contribution in [0.25, 0.3) is 0 Å². The Morgan fingerprint density at radius 2 is 1.50 bits per heavy atom. The summed E-state index contributed by atoms with van der Waals surface area (Å²) in [5, 5.41) is 9.70. The van der Waals surface area contributed by atoms with Gasteiger partial charge in [0.05, 0.1) is 24.0 Å². The van der Waals surface area contributed by atoms with E-state index in [1.54, 1.807) is 0 Å². The fourth-order valence-electron chi connectivity index (χ4n) is 4.12. The smallest absolute Gasteiger partial charge is 0.233 e. The van der Waals surface area contributed by atoms with Crippen molar-refractivity contribution in [2.45, 2.75) is 56.9 Å². The molecule has 3 aliphatic rings. The summed E-state index contributed by atoms with van der Waals surface area (Å²) < 4.78 is 0. The maximum absolute atomic E-state index is 12.5. The van der Waals surface area contributed by atoms with Crippen molar-refractivity contribution in [1.29, 1.82) is 0 Å². The first-order chi connectivity index (χ1) is 8.69. The van der Waals surface area contributed by atoms with Gasteiger partial charge in [0.25, 0.3) is 0 Å². The molecular formula is C14H21NO3. The summed E-state index contributed by atoms with van der Waals surface area (Å²) in [5.41, 5.74) is -0.564. The van der Waals surface area contributed by atoms with E-state index in [1.165, 1.54) is 4.90 Å². The zero-order chi connectivity index (χ0) is 12.8. The van der Waals surface area contributed by atoms with Crippen molar-refractivity contribution in [3.05, 3.63) is 0 Å². The third-order valence-corrected chi connectivity index (χ3v) is 5.14. The highest BCUT2D eigenvalue weighted by Gasteiger charge is 2.55. The first-order valence-corrected chi connectivity index (χ1v) is 7.18. The number of rotatable bonds is 2. The molecule has 1 N–H and O–H groups in total. The molecule has 1 aliphatic heterocycles. The summed E-state index contributed by atoms with van der Waals surface area (Å²) in [5.74, 6) is -0.174. The second kappa shape index (κ2) is 4.34. The van der Waals surface area contributed by atoms with Crippen LogP contribution in [0.2, 0.25) is 0 Å².